The van der Waals surface area contributed by atoms with Gasteiger partial charge in [-0.15, -0.1) is 11.3 Å². The normalized spacial score (nSPS) is 12.2. The molecule has 1 atom stereocenters. The Morgan fingerprint density at radius 2 is 2.25 bits per heavy atom. The largest absolute Gasteiger partial charge is 0.491 e. The predicted octanol–water partition coefficient (Wildman–Crippen LogP) is 1.81. The van der Waals surface area contributed by atoms with E-state index >= 15 is 0 Å². The highest BCUT2D eigenvalue weighted by Crippen LogP contribution is 2.19. The van der Waals surface area contributed by atoms with Crippen LogP contribution in [-0.4, -0.2) is 32.3 Å². The van der Waals surface area contributed by atoms with Gasteiger partial charge in [0.05, 0.1) is 29.4 Å². The van der Waals surface area contributed by atoms with E-state index < -0.39 is 11.0 Å². The molecule has 2 aromatic heterocycles. The number of aromatic nitrogens is 2. The van der Waals surface area contributed by atoms with Crippen molar-refractivity contribution in [3.05, 3.63) is 62.5 Å². The second-order valence-electron chi connectivity index (χ2n) is 5.06. The quantitative estimate of drug-likeness (QED) is 0.538. The molecule has 3 rings (SSSR count). The van der Waals surface area contributed by atoms with Crippen molar-refractivity contribution in [3.8, 4) is 5.75 Å². The first kappa shape index (κ1) is 16.1. The number of hydrogen-bond donors (Lipinski definition) is 1. The minimum absolute atomic E-state index is 0.0224. The minimum atomic E-state index is -0.957. The highest BCUT2D eigenvalue weighted by atomic mass is 32.1. The van der Waals surface area contributed by atoms with E-state index in [0.29, 0.717) is 10.2 Å². The van der Waals surface area contributed by atoms with Gasteiger partial charge in [0.15, 0.2) is 0 Å². The van der Waals surface area contributed by atoms with Gasteiger partial charge in [-0.2, -0.15) is 0 Å². The van der Waals surface area contributed by atoms with Crippen LogP contribution in [0.1, 0.15) is 0 Å². The summed E-state index contributed by atoms with van der Waals surface area (Å²) < 4.78 is 7.21. The van der Waals surface area contributed by atoms with E-state index in [4.69, 9.17) is 4.74 Å². The number of aliphatic hydroxyl groups excluding tert-OH is 1. The van der Waals surface area contributed by atoms with Crippen LogP contribution < -0.4 is 10.3 Å². The van der Waals surface area contributed by atoms with Crippen LogP contribution in [-0.2, 0) is 6.54 Å². The van der Waals surface area contributed by atoms with Gasteiger partial charge in [-0.25, -0.2) is 4.98 Å². The standard InChI is InChI=1S/C15H13N3O5S/c19-11(8-23-12-3-1-2-10(6-12)18(21)22)7-17-9-16-13-4-5-24-14(13)15(17)20/h1-6,9,11,19H,7-8H2/t11-/m1/s1. The smallest absolute Gasteiger partial charge is 0.273 e. The number of benzene rings is 1. The number of rotatable bonds is 6. The molecule has 0 saturated carbocycles. The van der Waals surface area contributed by atoms with Crippen molar-refractivity contribution in [2.75, 3.05) is 6.61 Å². The molecule has 0 aliphatic rings. The average Bonchev–Trinajstić information content (AvgIpc) is 3.05. The van der Waals surface area contributed by atoms with Gasteiger partial charge in [0.1, 0.15) is 23.2 Å². The van der Waals surface area contributed by atoms with E-state index in [1.54, 1.807) is 17.5 Å². The van der Waals surface area contributed by atoms with Crippen molar-refractivity contribution in [2.45, 2.75) is 12.6 Å². The number of nitro groups is 1. The summed E-state index contributed by atoms with van der Waals surface area (Å²) in [6.45, 7) is -0.0787. The number of hydrogen-bond acceptors (Lipinski definition) is 7. The van der Waals surface area contributed by atoms with Crippen LogP contribution in [0.15, 0.2) is 46.8 Å². The molecule has 1 aromatic carbocycles. The number of nitro benzene ring substituents is 1. The Morgan fingerprint density at radius 1 is 1.42 bits per heavy atom. The van der Waals surface area contributed by atoms with Crippen LogP contribution in [0.2, 0.25) is 0 Å². The second-order valence-corrected chi connectivity index (χ2v) is 5.97. The fourth-order valence-corrected chi connectivity index (χ4v) is 2.96. The summed E-state index contributed by atoms with van der Waals surface area (Å²) in [6.07, 6.45) is 0.426. The van der Waals surface area contributed by atoms with E-state index in [2.05, 4.69) is 4.98 Å². The van der Waals surface area contributed by atoms with E-state index in [0.717, 1.165) is 0 Å². The van der Waals surface area contributed by atoms with Crippen LogP contribution in [0.4, 0.5) is 5.69 Å². The molecule has 124 valence electrons. The zero-order valence-electron chi connectivity index (χ0n) is 12.4. The number of nitrogens with zero attached hydrogens (tertiary/aromatic N) is 3. The lowest BCUT2D eigenvalue weighted by Gasteiger charge is -2.13. The summed E-state index contributed by atoms with van der Waals surface area (Å²) in [4.78, 5) is 26.6. The van der Waals surface area contributed by atoms with Gasteiger partial charge in [-0.3, -0.25) is 19.5 Å². The Balaban J connectivity index is 1.66. The van der Waals surface area contributed by atoms with Gasteiger partial charge in [0.2, 0.25) is 0 Å². The summed E-state index contributed by atoms with van der Waals surface area (Å²) in [5.74, 6) is 0.280. The summed E-state index contributed by atoms with van der Waals surface area (Å²) >= 11 is 1.30. The Labute approximate surface area is 139 Å². The highest BCUT2D eigenvalue weighted by Gasteiger charge is 2.12. The van der Waals surface area contributed by atoms with Crippen LogP contribution in [0.5, 0.6) is 5.75 Å². The fourth-order valence-electron chi connectivity index (χ4n) is 2.17. The molecule has 0 saturated heterocycles. The molecule has 0 radical (unpaired) electrons. The summed E-state index contributed by atoms with van der Waals surface area (Å²) in [5.41, 5.74) is 0.318. The molecule has 0 spiro atoms. The number of non-ortho nitro benzene ring substituents is 1. The van der Waals surface area contributed by atoms with E-state index in [1.807, 2.05) is 0 Å². The molecule has 2 heterocycles. The van der Waals surface area contributed by atoms with Crippen molar-refractivity contribution >= 4 is 27.2 Å². The van der Waals surface area contributed by atoms with Gasteiger partial charge in [-0.05, 0) is 17.5 Å². The first-order chi connectivity index (χ1) is 11.5. The summed E-state index contributed by atoms with van der Waals surface area (Å²) in [7, 11) is 0. The Kier molecular flexibility index (Phi) is 4.54. The molecule has 0 bridgehead atoms. The third-order valence-corrected chi connectivity index (χ3v) is 4.21. The van der Waals surface area contributed by atoms with E-state index in [-0.39, 0.29) is 30.1 Å². The Bertz CT molecular complexity index is 936. The van der Waals surface area contributed by atoms with E-state index in [1.165, 1.54) is 40.4 Å². The summed E-state index contributed by atoms with van der Waals surface area (Å²) in [5, 5.41) is 22.5. The number of thiophene rings is 1. The van der Waals surface area contributed by atoms with Gasteiger partial charge in [0, 0.05) is 6.07 Å². The lowest BCUT2D eigenvalue weighted by Crippen LogP contribution is -2.30. The second kappa shape index (κ2) is 6.77. The van der Waals surface area contributed by atoms with Crippen LogP contribution in [0.25, 0.3) is 10.2 Å². The minimum Gasteiger partial charge on any atom is -0.491 e. The molecule has 3 aromatic rings. The molecule has 24 heavy (non-hydrogen) atoms. The van der Waals surface area contributed by atoms with Crippen LogP contribution in [0, 0.1) is 10.1 Å². The van der Waals surface area contributed by atoms with Gasteiger partial charge < -0.3 is 9.84 Å². The molecule has 1 N–H and O–H groups in total. The number of fused-ring (bicyclic) bond motifs is 1. The van der Waals surface area contributed by atoms with Crippen molar-refractivity contribution in [2.24, 2.45) is 0 Å². The van der Waals surface area contributed by atoms with Crippen LogP contribution >= 0.6 is 11.3 Å². The molecule has 9 heteroatoms. The summed E-state index contributed by atoms with van der Waals surface area (Å²) in [6, 6.07) is 7.45. The highest BCUT2D eigenvalue weighted by molar-refractivity contribution is 7.17. The topological polar surface area (TPSA) is 107 Å². The maximum Gasteiger partial charge on any atom is 0.273 e. The van der Waals surface area contributed by atoms with Crippen molar-refractivity contribution in [3.63, 3.8) is 0 Å². The average molecular weight is 347 g/mol. The zero-order valence-corrected chi connectivity index (χ0v) is 13.2. The first-order valence-corrected chi connectivity index (χ1v) is 7.90. The molecular formula is C15H13N3O5S. The first-order valence-electron chi connectivity index (χ1n) is 7.02. The van der Waals surface area contributed by atoms with Gasteiger partial charge in [0.25, 0.3) is 11.2 Å². The maximum atomic E-state index is 12.2. The molecular weight excluding hydrogens is 334 g/mol. The molecule has 0 unspecified atom stereocenters. The van der Waals surface area contributed by atoms with Gasteiger partial charge >= 0.3 is 0 Å². The van der Waals surface area contributed by atoms with Crippen molar-refractivity contribution in [1.82, 2.24) is 9.55 Å². The predicted molar refractivity (Wildman–Crippen MR) is 88.5 cm³/mol. The molecule has 0 aliphatic heterocycles. The molecule has 0 amide bonds. The van der Waals surface area contributed by atoms with Crippen molar-refractivity contribution < 1.29 is 14.8 Å². The third kappa shape index (κ3) is 3.42. The van der Waals surface area contributed by atoms with Crippen molar-refractivity contribution in [1.29, 1.82) is 0 Å². The lowest BCUT2D eigenvalue weighted by molar-refractivity contribution is -0.384. The monoisotopic (exact) mass is 347 g/mol. The van der Waals surface area contributed by atoms with Gasteiger partial charge in [-0.1, -0.05) is 6.07 Å². The Hall–Kier alpha value is -2.78. The molecule has 8 nitrogen and oxygen atoms in total. The SMILES string of the molecule is O=c1c2sccc2ncn1C[C@@H](O)COc1cccc([N+](=O)[O-])c1. The zero-order chi connectivity index (χ0) is 17.1. The Morgan fingerprint density at radius 3 is 3.04 bits per heavy atom. The number of aliphatic hydroxyl groups is 1. The van der Waals surface area contributed by atoms with E-state index in [9.17, 15) is 20.0 Å². The molecule has 0 aliphatic carbocycles. The van der Waals surface area contributed by atoms with Crippen LogP contribution in [0.3, 0.4) is 0 Å². The lowest BCUT2D eigenvalue weighted by atomic mass is 10.3. The molecule has 0 fully saturated rings. The maximum absolute atomic E-state index is 12.2. The fraction of sp³-hybridized carbons (Fsp3) is 0.200. The number of ether oxygens (including phenoxy) is 1. The third-order valence-electron chi connectivity index (χ3n) is 3.31.